The number of para-hydroxylation sites is 1. The first-order valence-corrected chi connectivity index (χ1v) is 10.9. The quantitative estimate of drug-likeness (QED) is 0.526. The highest BCUT2D eigenvalue weighted by molar-refractivity contribution is 5.66. The molecule has 2 aliphatic rings. The zero-order chi connectivity index (χ0) is 21.9. The van der Waals surface area contributed by atoms with Gasteiger partial charge in [0, 0.05) is 24.9 Å². The monoisotopic (exact) mass is 413 g/mol. The number of rotatable bonds is 7. The normalized spacial score (nSPS) is 32.0. The van der Waals surface area contributed by atoms with Crippen LogP contribution in [0.15, 0.2) is 35.9 Å². The van der Waals surface area contributed by atoms with Crippen molar-refractivity contribution < 1.29 is 19.4 Å². The summed E-state index contributed by atoms with van der Waals surface area (Å²) in [6.07, 6.45) is 6.81. The van der Waals surface area contributed by atoms with E-state index in [0.29, 0.717) is 11.8 Å². The molecule has 2 N–H and O–H groups in total. The highest BCUT2D eigenvalue weighted by Gasteiger charge is 2.53. The number of fused-ring (bicyclic) bond motifs is 1. The van der Waals surface area contributed by atoms with Crippen molar-refractivity contribution >= 4 is 5.97 Å². The van der Waals surface area contributed by atoms with Gasteiger partial charge in [-0.05, 0) is 55.7 Å². The molecule has 1 aromatic rings. The minimum Gasteiger partial charge on any atom is -0.496 e. The summed E-state index contributed by atoms with van der Waals surface area (Å²) in [6.45, 7) is 9.27. The summed E-state index contributed by atoms with van der Waals surface area (Å²) >= 11 is 0. The Kier molecular flexibility index (Phi) is 7.25. The summed E-state index contributed by atoms with van der Waals surface area (Å²) in [7, 11) is 1.69. The van der Waals surface area contributed by atoms with Gasteiger partial charge in [0.1, 0.15) is 11.9 Å². The molecule has 3 rings (SSSR count). The van der Waals surface area contributed by atoms with Crippen LogP contribution in [0.4, 0.5) is 0 Å². The molecule has 0 aliphatic heterocycles. The number of nitrogens with one attached hydrogen (secondary N) is 1. The molecule has 6 atom stereocenters. The second-order valence-corrected chi connectivity index (χ2v) is 8.96. The lowest BCUT2D eigenvalue weighted by Crippen LogP contribution is -2.56. The predicted molar refractivity (Wildman–Crippen MR) is 117 cm³/mol. The fourth-order valence-corrected chi connectivity index (χ4v) is 5.04. The lowest BCUT2D eigenvalue weighted by molar-refractivity contribution is -0.148. The van der Waals surface area contributed by atoms with Crippen molar-refractivity contribution in [2.45, 2.75) is 58.8 Å². The van der Waals surface area contributed by atoms with Gasteiger partial charge in [0.05, 0.1) is 19.1 Å². The largest absolute Gasteiger partial charge is 0.496 e. The van der Waals surface area contributed by atoms with E-state index < -0.39 is 11.7 Å². The van der Waals surface area contributed by atoms with E-state index in [1.165, 1.54) is 6.92 Å². The minimum atomic E-state index is -1.07. The maximum atomic E-state index is 11.6. The lowest BCUT2D eigenvalue weighted by atomic mass is 9.57. The lowest BCUT2D eigenvalue weighted by Gasteiger charge is -2.52. The van der Waals surface area contributed by atoms with Gasteiger partial charge < -0.3 is 19.9 Å². The second kappa shape index (κ2) is 9.52. The molecule has 5 heteroatoms. The van der Waals surface area contributed by atoms with Crippen LogP contribution in [-0.4, -0.2) is 36.4 Å². The molecule has 1 fully saturated rings. The molecule has 0 heterocycles. The highest BCUT2D eigenvalue weighted by Crippen LogP contribution is 2.50. The number of methoxy groups -OCH3 is 1. The third-order valence-electron chi connectivity index (χ3n) is 6.86. The van der Waals surface area contributed by atoms with Crippen LogP contribution in [-0.2, 0) is 16.1 Å². The molecular weight excluding hydrogens is 378 g/mol. The SMILES string of the molecule is COc1ccccc1CNC[C@@H](C)[C@@H]1CC[C@@H](C)[C@]2(O)[C][C@@H](OC(C)=O)C(C)=C[C@H]12. The first-order valence-electron chi connectivity index (χ1n) is 10.9. The van der Waals surface area contributed by atoms with Gasteiger partial charge in [0.15, 0.2) is 0 Å². The average molecular weight is 414 g/mol. The summed E-state index contributed by atoms with van der Waals surface area (Å²) in [5.41, 5.74) is 1.02. The standard InChI is InChI=1S/C25H35NO4/c1-16-12-22-21(11-10-18(3)25(22,28)13-24(16)30-19(4)27)17(2)14-26-15-20-8-6-7-9-23(20)29-5/h6-9,12,17-18,21-22,24,26,28H,10-11,14-15H2,1-5H3/t17-,18-,21+,22-,24-,25-/m1/s1. The van der Waals surface area contributed by atoms with Crippen LogP contribution < -0.4 is 10.1 Å². The van der Waals surface area contributed by atoms with Gasteiger partial charge in [0.25, 0.3) is 0 Å². The molecule has 0 amide bonds. The van der Waals surface area contributed by atoms with Crippen molar-refractivity contribution in [1.82, 2.24) is 5.32 Å². The van der Waals surface area contributed by atoms with E-state index in [-0.39, 0.29) is 17.8 Å². The van der Waals surface area contributed by atoms with E-state index in [4.69, 9.17) is 9.47 Å². The van der Waals surface area contributed by atoms with Crippen molar-refractivity contribution in [2.24, 2.45) is 23.7 Å². The number of carbonyl (C=O) groups excluding carboxylic acids is 1. The van der Waals surface area contributed by atoms with E-state index in [1.807, 2.05) is 25.1 Å². The van der Waals surface area contributed by atoms with Gasteiger partial charge >= 0.3 is 5.97 Å². The summed E-state index contributed by atoms with van der Waals surface area (Å²) in [4.78, 5) is 11.5. The van der Waals surface area contributed by atoms with Crippen LogP contribution in [0.2, 0.25) is 0 Å². The Morgan fingerprint density at radius 3 is 2.80 bits per heavy atom. The molecule has 1 saturated carbocycles. The third kappa shape index (κ3) is 4.73. The van der Waals surface area contributed by atoms with E-state index in [2.05, 4.69) is 37.7 Å². The molecule has 0 spiro atoms. The van der Waals surface area contributed by atoms with Crippen LogP contribution in [0.25, 0.3) is 0 Å². The number of hydrogen-bond donors (Lipinski definition) is 2. The Hall–Kier alpha value is -1.85. The van der Waals surface area contributed by atoms with Crippen LogP contribution >= 0.6 is 0 Å². The molecule has 5 nitrogen and oxygen atoms in total. The van der Waals surface area contributed by atoms with Gasteiger partial charge in [-0.2, -0.15) is 0 Å². The van der Waals surface area contributed by atoms with Crippen LogP contribution in [0.5, 0.6) is 5.75 Å². The smallest absolute Gasteiger partial charge is 0.303 e. The molecule has 30 heavy (non-hydrogen) atoms. The van der Waals surface area contributed by atoms with Crippen molar-refractivity contribution in [3.05, 3.63) is 47.9 Å². The summed E-state index contributed by atoms with van der Waals surface area (Å²) in [5.74, 6) is 1.31. The topological polar surface area (TPSA) is 67.8 Å². The summed E-state index contributed by atoms with van der Waals surface area (Å²) in [5, 5.41) is 15.1. The van der Waals surface area contributed by atoms with Crippen LogP contribution in [0.3, 0.4) is 0 Å². The minimum absolute atomic E-state index is 0.0175. The number of ether oxygens (including phenoxy) is 2. The molecule has 0 saturated heterocycles. The number of hydrogen-bond acceptors (Lipinski definition) is 5. The van der Waals surface area contributed by atoms with Gasteiger partial charge in [-0.1, -0.05) is 38.1 Å². The third-order valence-corrected chi connectivity index (χ3v) is 6.86. The van der Waals surface area contributed by atoms with Crippen LogP contribution in [0.1, 0.15) is 46.1 Å². The fraction of sp³-hybridized carbons (Fsp3) is 0.600. The average Bonchev–Trinajstić information content (AvgIpc) is 2.70. The van der Waals surface area contributed by atoms with E-state index in [0.717, 1.165) is 42.8 Å². The molecule has 0 aromatic heterocycles. The number of carbonyl (C=O) groups is 1. The summed E-state index contributed by atoms with van der Waals surface area (Å²) < 4.78 is 10.8. The van der Waals surface area contributed by atoms with Crippen molar-refractivity contribution in [3.8, 4) is 5.75 Å². The Balaban J connectivity index is 1.69. The van der Waals surface area contributed by atoms with Crippen LogP contribution in [0, 0.1) is 30.1 Å². The Morgan fingerprint density at radius 2 is 2.10 bits per heavy atom. The second-order valence-electron chi connectivity index (χ2n) is 8.96. The van der Waals surface area contributed by atoms with Crippen molar-refractivity contribution in [3.63, 3.8) is 0 Å². The maximum Gasteiger partial charge on any atom is 0.303 e. The zero-order valence-electron chi connectivity index (χ0n) is 18.8. The molecule has 164 valence electrons. The van der Waals surface area contributed by atoms with E-state index in [1.54, 1.807) is 7.11 Å². The molecule has 1 aromatic carbocycles. The Morgan fingerprint density at radius 1 is 1.37 bits per heavy atom. The van der Waals surface area contributed by atoms with Crippen molar-refractivity contribution in [1.29, 1.82) is 0 Å². The van der Waals surface area contributed by atoms with Crippen molar-refractivity contribution in [2.75, 3.05) is 13.7 Å². The predicted octanol–water partition coefficient (Wildman–Crippen LogP) is 3.79. The van der Waals surface area contributed by atoms with Gasteiger partial charge in [-0.3, -0.25) is 4.79 Å². The Bertz CT molecular complexity index is 776. The maximum absolute atomic E-state index is 11.6. The first-order chi connectivity index (χ1) is 14.3. The molecule has 2 radical (unpaired) electrons. The number of benzene rings is 1. The molecule has 0 bridgehead atoms. The number of esters is 1. The van der Waals surface area contributed by atoms with Gasteiger partial charge in [0.2, 0.25) is 0 Å². The zero-order valence-corrected chi connectivity index (χ0v) is 18.8. The van der Waals surface area contributed by atoms with E-state index in [9.17, 15) is 9.90 Å². The molecular formula is C25H35NO4. The summed E-state index contributed by atoms with van der Waals surface area (Å²) in [6, 6.07) is 8.04. The van der Waals surface area contributed by atoms with E-state index >= 15 is 0 Å². The first kappa shape index (κ1) is 22.8. The fourth-order valence-electron chi connectivity index (χ4n) is 5.04. The molecule has 2 aliphatic carbocycles. The highest BCUT2D eigenvalue weighted by atomic mass is 16.5. The Labute approximate surface area is 180 Å². The molecule has 0 unspecified atom stereocenters. The number of aliphatic hydroxyl groups is 1. The van der Waals surface area contributed by atoms with Gasteiger partial charge in [-0.15, -0.1) is 0 Å². The van der Waals surface area contributed by atoms with Gasteiger partial charge in [-0.25, -0.2) is 0 Å².